The molecule has 0 radical (unpaired) electrons. The highest BCUT2D eigenvalue weighted by Crippen LogP contribution is 2.44. The van der Waals surface area contributed by atoms with Crippen LogP contribution in [-0.2, 0) is 12.4 Å². The first-order chi connectivity index (χ1) is 15.7. The minimum absolute atomic E-state index is 0.129. The lowest BCUT2D eigenvalue weighted by Crippen LogP contribution is -2.09. The van der Waals surface area contributed by atoms with Crippen LogP contribution in [0.5, 0.6) is 23.0 Å². The molecule has 0 aliphatic carbocycles. The molecular weight excluding hydrogens is 483 g/mol. The van der Waals surface area contributed by atoms with Crippen LogP contribution in [0.2, 0.25) is 0 Å². The van der Waals surface area contributed by atoms with Crippen LogP contribution in [0.1, 0.15) is 11.1 Å². The normalized spacial score (nSPS) is 11.6. The minimum atomic E-state index is -4.76. The van der Waals surface area contributed by atoms with E-state index in [0.717, 1.165) is 12.1 Å². The van der Waals surface area contributed by atoms with E-state index < -0.39 is 41.7 Å². The summed E-state index contributed by atoms with van der Waals surface area (Å²) < 4.78 is 119. The number of halogens is 9. The maximum Gasteiger partial charge on any atom is 0.420 e. The second-order valence-corrected chi connectivity index (χ2v) is 6.41. The SMILES string of the molecule is FC(F)F.Nc1ccc(Oc2ccccc2Oc2ccc(N)cc2C(F)(F)F)c(C(F)(F)F)c1. The first kappa shape index (κ1) is 26.5. The van der Waals surface area contributed by atoms with Gasteiger partial charge in [-0.3, -0.25) is 0 Å². The summed E-state index contributed by atoms with van der Waals surface area (Å²) in [6.45, 7) is -3.67. The van der Waals surface area contributed by atoms with E-state index in [-0.39, 0.29) is 22.9 Å². The van der Waals surface area contributed by atoms with Crippen LogP contribution in [0.25, 0.3) is 0 Å². The molecule has 0 heterocycles. The van der Waals surface area contributed by atoms with E-state index in [9.17, 15) is 39.5 Å². The molecule has 3 aromatic carbocycles. The van der Waals surface area contributed by atoms with Crippen molar-refractivity contribution in [3.8, 4) is 23.0 Å². The number of alkyl halides is 9. The summed E-state index contributed by atoms with van der Waals surface area (Å²) in [7, 11) is 0. The second kappa shape index (κ2) is 10.4. The predicted molar refractivity (Wildman–Crippen MR) is 105 cm³/mol. The number of hydrogen-bond donors (Lipinski definition) is 2. The topological polar surface area (TPSA) is 70.5 Å². The van der Waals surface area contributed by atoms with Crippen LogP contribution in [0.4, 0.5) is 50.9 Å². The van der Waals surface area contributed by atoms with Gasteiger partial charge in [-0.25, -0.2) is 0 Å². The Balaban J connectivity index is 0.000000945. The summed E-state index contributed by atoms with van der Waals surface area (Å²) in [5.41, 5.74) is 8.31. The van der Waals surface area contributed by atoms with Gasteiger partial charge in [-0.2, -0.15) is 39.5 Å². The Labute approximate surface area is 186 Å². The smallest absolute Gasteiger partial charge is 0.420 e. The molecule has 0 saturated carbocycles. The van der Waals surface area contributed by atoms with Gasteiger partial charge in [0.2, 0.25) is 0 Å². The molecule has 3 rings (SSSR count). The number of anilines is 2. The van der Waals surface area contributed by atoms with Gasteiger partial charge in [-0.15, -0.1) is 0 Å². The van der Waals surface area contributed by atoms with E-state index in [0.29, 0.717) is 12.1 Å². The van der Waals surface area contributed by atoms with E-state index in [2.05, 4.69) is 0 Å². The fraction of sp³-hybridized carbons (Fsp3) is 0.143. The lowest BCUT2D eigenvalue weighted by Gasteiger charge is -2.18. The van der Waals surface area contributed by atoms with Crippen molar-refractivity contribution in [1.29, 1.82) is 0 Å². The van der Waals surface area contributed by atoms with Crippen LogP contribution < -0.4 is 20.9 Å². The molecular formula is C21H15F9N2O2. The van der Waals surface area contributed by atoms with Gasteiger partial charge >= 0.3 is 19.0 Å². The quantitative estimate of drug-likeness (QED) is 0.286. The molecule has 0 aliphatic heterocycles. The molecule has 0 fully saturated rings. The number of ether oxygens (including phenoxy) is 2. The van der Waals surface area contributed by atoms with Crippen molar-refractivity contribution in [2.45, 2.75) is 19.0 Å². The van der Waals surface area contributed by atoms with E-state index in [1.807, 2.05) is 0 Å². The molecule has 13 heteroatoms. The lowest BCUT2D eigenvalue weighted by molar-refractivity contribution is -0.139. The van der Waals surface area contributed by atoms with Crippen molar-refractivity contribution in [2.75, 3.05) is 11.5 Å². The van der Waals surface area contributed by atoms with Crippen LogP contribution in [0, 0.1) is 0 Å². The molecule has 3 aromatic rings. The number of hydrogen-bond acceptors (Lipinski definition) is 4. The number of benzene rings is 3. The van der Waals surface area contributed by atoms with Gasteiger partial charge in [-0.1, -0.05) is 12.1 Å². The van der Waals surface area contributed by atoms with Crippen molar-refractivity contribution in [3.63, 3.8) is 0 Å². The zero-order valence-electron chi connectivity index (χ0n) is 16.7. The first-order valence-corrected chi connectivity index (χ1v) is 8.99. The Morgan fingerprint density at radius 1 is 0.559 bits per heavy atom. The van der Waals surface area contributed by atoms with Gasteiger partial charge in [0.1, 0.15) is 22.6 Å². The van der Waals surface area contributed by atoms with Crippen molar-refractivity contribution < 1.29 is 49.0 Å². The summed E-state index contributed by atoms with van der Waals surface area (Å²) in [5, 5.41) is 0. The molecule has 0 unspecified atom stereocenters. The zero-order chi connectivity index (χ0) is 25.7. The van der Waals surface area contributed by atoms with Crippen molar-refractivity contribution in [3.05, 3.63) is 71.8 Å². The van der Waals surface area contributed by atoms with Crippen molar-refractivity contribution in [1.82, 2.24) is 0 Å². The van der Waals surface area contributed by atoms with Crippen LogP contribution >= 0.6 is 0 Å². The predicted octanol–water partition coefficient (Wildman–Crippen LogP) is 7.65. The Hall–Kier alpha value is -3.77. The molecule has 0 bridgehead atoms. The fourth-order valence-corrected chi connectivity index (χ4v) is 2.57. The van der Waals surface area contributed by atoms with Gasteiger partial charge in [-0.05, 0) is 48.5 Å². The number of nitrogens with two attached hydrogens (primary N) is 2. The fourth-order valence-electron chi connectivity index (χ4n) is 2.57. The van der Waals surface area contributed by atoms with E-state index >= 15 is 0 Å². The standard InChI is InChI=1S/C20H14F6N2O2.CHF3/c21-19(22,23)13-9-11(27)5-7-15(13)29-17-3-1-2-4-18(17)30-16-8-6-12(28)10-14(16)20(24,25)26;2-1(3)4/h1-10H,27-28H2;1H. The van der Waals surface area contributed by atoms with Crippen molar-refractivity contribution >= 4 is 11.4 Å². The molecule has 0 saturated heterocycles. The monoisotopic (exact) mass is 498 g/mol. The molecule has 34 heavy (non-hydrogen) atoms. The molecule has 4 nitrogen and oxygen atoms in total. The zero-order valence-corrected chi connectivity index (χ0v) is 16.7. The average Bonchev–Trinajstić information content (AvgIpc) is 2.70. The van der Waals surface area contributed by atoms with E-state index in [4.69, 9.17) is 20.9 Å². The second-order valence-electron chi connectivity index (χ2n) is 6.41. The van der Waals surface area contributed by atoms with E-state index in [1.54, 1.807) is 0 Å². The van der Waals surface area contributed by atoms with Crippen LogP contribution in [0.3, 0.4) is 0 Å². The first-order valence-electron chi connectivity index (χ1n) is 8.99. The molecule has 4 N–H and O–H groups in total. The van der Waals surface area contributed by atoms with Crippen molar-refractivity contribution in [2.24, 2.45) is 0 Å². The highest BCUT2D eigenvalue weighted by atomic mass is 19.4. The Bertz CT molecular complexity index is 1030. The lowest BCUT2D eigenvalue weighted by atomic mass is 10.1. The molecule has 0 aromatic heterocycles. The third-order valence-electron chi connectivity index (χ3n) is 3.91. The van der Waals surface area contributed by atoms with Gasteiger partial charge in [0.25, 0.3) is 0 Å². The van der Waals surface area contributed by atoms with E-state index in [1.165, 1.54) is 36.4 Å². The Morgan fingerprint density at radius 2 is 0.882 bits per heavy atom. The van der Waals surface area contributed by atoms with Gasteiger partial charge in [0, 0.05) is 11.4 Å². The van der Waals surface area contributed by atoms with Gasteiger partial charge in [0.15, 0.2) is 11.5 Å². The van der Waals surface area contributed by atoms with Crippen LogP contribution in [-0.4, -0.2) is 6.68 Å². The summed E-state index contributed by atoms with van der Waals surface area (Å²) in [4.78, 5) is 0. The molecule has 0 atom stereocenters. The number of nitrogen functional groups attached to an aromatic ring is 2. The maximum absolute atomic E-state index is 13.3. The number of para-hydroxylation sites is 2. The third-order valence-corrected chi connectivity index (χ3v) is 3.91. The minimum Gasteiger partial charge on any atom is -0.453 e. The molecule has 0 spiro atoms. The molecule has 0 amide bonds. The highest BCUT2D eigenvalue weighted by molar-refractivity contribution is 5.54. The summed E-state index contributed by atoms with van der Waals surface area (Å²) in [6.07, 6.45) is -9.53. The van der Waals surface area contributed by atoms with Gasteiger partial charge in [0.05, 0.1) is 0 Å². The number of rotatable bonds is 4. The largest absolute Gasteiger partial charge is 0.453 e. The highest BCUT2D eigenvalue weighted by Gasteiger charge is 2.36. The molecule has 0 aliphatic rings. The summed E-state index contributed by atoms with van der Waals surface area (Å²) >= 11 is 0. The Kier molecular flexibility index (Phi) is 8.13. The molecule has 184 valence electrons. The summed E-state index contributed by atoms with van der Waals surface area (Å²) in [5.74, 6) is -1.61. The average molecular weight is 498 g/mol. The van der Waals surface area contributed by atoms with Gasteiger partial charge < -0.3 is 20.9 Å². The summed E-state index contributed by atoms with van der Waals surface area (Å²) in [6, 6.07) is 11.2. The van der Waals surface area contributed by atoms with Crippen LogP contribution in [0.15, 0.2) is 60.7 Å². The third kappa shape index (κ3) is 7.39. The Morgan fingerprint density at radius 3 is 1.18 bits per heavy atom. The maximum atomic E-state index is 13.3.